The van der Waals surface area contributed by atoms with Crippen LogP contribution in [0.15, 0.2) is 54.6 Å². The van der Waals surface area contributed by atoms with Crippen LogP contribution in [0.3, 0.4) is 0 Å². The molecule has 1 N–H and O–H groups in total. The second-order valence-corrected chi connectivity index (χ2v) is 10.2. The van der Waals surface area contributed by atoms with E-state index in [-0.39, 0.29) is 31.4 Å². The Kier molecular flexibility index (Phi) is 5.75. The van der Waals surface area contributed by atoms with Crippen molar-refractivity contribution in [2.24, 2.45) is 0 Å². The smallest absolute Gasteiger partial charge is 0.410 e. The molecule has 2 unspecified atom stereocenters. The average molecular weight is 512 g/mol. The number of carbonyl (C=O) groups is 1. The minimum atomic E-state index is -2.15. The second kappa shape index (κ2) is 8.87. The molecule has 37 heavy (non-hydrogen) atoms. The van der Waals surface area contributed by atoms with Crippen LogP contribution in [0.5, 0.6) is 0 Å². The molecule has 3 aromatic rings. The monoisotopic (exact) mass is 511 g/mol. The summed E-state index contributed by atoms with van der Waals surface area (Å²) < 4.78 is 62.8. The van der Waals surface area contributed by atoms with E-state index in [0.29, 0.717) is 12.8 Å². The summed E-state index contributed by atoms with van der Waals surface area (Å²) in [7, 11) is 0. The highest BCUT2D eigenvalue weighted by molar-refractivity contribution is 5.79. The molecule has 4 nitrogen and oxygen atoms in total. The van der Waals surface area contributed by atoms with Crippen molar-refractivity contribution in [1.82, 2.24) is 4.90 Å². The number of hydrogen-bond acceptors (Lipinski definition) is 3. The van der Waals surface area contributed by atoms with E-state index in [1.165, 1.54) is 4.90 Å². The minimum absolute atomic E-state index is 0.116. The Hall–Kier alpha value is -3.39. The predicted molar refractivity (Wildman–Crippen MR) is 128 cm³/mol. The van der Waals surface area contributed by atoms with E-state index in [1.54, 1.807) is 0 Å². The number of rotatable bonds is 3. The van der Waals surface area contributed by atoms with Crippen molar-refractivity contribution in [2.75, 3.05) is 6.61 Å². The summed E-state index contributed by atoms with van der Waals surface area (Å²) in [4.78, 5) is 14.9. The standard InChI is InChI=1S/C29H25F4NO3/c30-23-12-24(31)27(33)25(26(23)32)29(36)13-16-6-5-7-17(14-29)34(16)28(35)37-15-22-20-10-3-1-8-18(20)19-9-2-4-11-21(19)22/h1-4,8-12,16-17,22,36H,5-7,13-15H2. The van der Waals surface area contributed by atoms with Gasteiger partial charge >= 0.3 is 6.09 Å². The van der Waals surface area contributed by atoms with Gasteiger partial charge in [-0.25, -0.2) is 22.4 Å². The summed E-state index contributed by atoms with van der Waals surface area (Å²) in [6.07, 6.45) is 0.647. The number of benzene rings is 3. The number of hydrogen-bond donors (Lipinski definition) is 1. The number of amides is 1. The lowest BCUT2D eigenvalue weighted by atomic mass is 9.72. The summed E-state index contributed by atoms with van der Waals surface area (Å²) in [5.74, 6) is -6.46. The quantitative estimate of drug-likeness (QED) is 0.327. The lowest BCUT2D eigenvalue weighted by Crippen LogP contribution is -2.59. The van der Waals surface area contributed by atoms with E-state index >= 15 is 0 Å². The van der Waals surface area contributed by atoms with E-state index < -0.39 is 52.6 Å². The first-order valence-electron chi connectivity index (χ1n) is 12.5. The maximum atomic E-state index is 14.6. The molecule has 3 aromatic carbocycles. The summed E-state index contributed by atoms with van der Waals surface area (Å²) in [6, 6.07) is 14.9. The zero-order chi connectivity index (χ0) is 25.9. The van der Waals surface area contributed by atoms with Gasteiger partial charge in [0.15, 0.2) is 23.3 Å². The van der Waals surface area contributed by atoms with Crippen molar-refractivity contribution in [3.63, 3.8) is 0 Å². The summed E-state index contributed by atoms with van der Waals surface area (Å²) in [6.45, 7) is 0.116. The molecule has 3 aliphatic rings. The minimum Gasteiger partial charge on any atom is -0.448 e. The number of ether oxygens (including phenoxy) is 1. The molecule has 2 saturated heterocycles. The zero-order valence-electron chi connectivity index (χ0n) is 19.9. The molecule has 2 fully saturated rings. The Morgan fingerprint density at radius 3 is 1.95 bits per heavy atom. The van der Waals surface area contributed by atoms with Gasteiger partial charge in [0.05, 0.1) is 11.2 Å². The molecule has 2 atom stereocenters. The van der Waals surface area contributed by atoms with Crippen LogP contribution in [0, 0.1) is 23.3 Å². The molecule has 0 radical (unpaired) electrons. The summed E-state index contributed by atoms with van der Waals surface area (Å²) >= 11 is 0. The predicted octanol–water partition coefficient (Wildman–Crippen LogP) is 6.40. The van der Waals surface area contributed by atoms with Crippen LogP contribution in [-0.2, 0) is 10.3 Å². The van der Waals surface area contributed by atoms with E-state index in [1.807, 2.05) is 48.5 Å². The lowest BCUT2D eigenvalue weighted by Gasteiger charge is -2.51. The molecule has 1 aliphatic carbocycles. The van der Waals surface area contributed by atoms with E-state index in [0.717, 1.165) is 28.7 Å². The van der Waals surface area contributed by atoms with Gasteiger partial charge in [-0.2, -0.15) is 0 Å². The number of carbonyl (C=O) groups excluding carboxylic acids is 1. The molecular weight excluding hydrogens is 486 g/mol. The Bertz CT molecular complexity index is 1310. The number of piperidine rings is 2. The SMILES string of the molecule is O=C(OCC1c2ccccc2-c2ccccc21)N1C2CCCC1CC(O)(c1c(F)c(F)cc(F)c1F)C2. The fourth-order valence-corrected chi connectivity index (χ4v) is 6.58. The Morgan fingerprint density at radius 2 is 1.41 bits per heavy atom. The van der Waals surface area contributed by atoms with Gasteiger partial charge in [0.1, 0.15) is 6.61 Å². The van der Waals surface area contributed by atoms with Gasteiger partial charge in [0, 0.05) is 36.9 Å². The van der Waals surface area contributed by atoms with Gasteiger partial charge in [-0.15, -0.1) is 0 Å². The Morgan fingerprint density at radius 1 is 0.892 bits per heavy atom. The van der Waals surface area contributed by atoms with Gasteiger partial charge in [0.2, 0.25) is 0 Å². The Labute approximate surface area is 211 Å². The largest absolute Gasteiger partial charge is 0.448 e. The first kappa shape index (κ1) is 24.0. The van der Waals surface area contributed by atoms with Crippen molar-refractivity contribution >= 4 is 6.09 Å². The third-order valence-corrected chi connectivity index (χ3v) is 8.13. The molecule has 0 aromatic heterocycles. The summed E-state index contributed by atoms with van der Waals surface area (Å²) in [5.41, 5.74) is 1.20. The molecular formula is C29H25F4NO3. The average Bonchev–Trinajstić information content (AvgIpc) is 3.19. The van der Waals surface area contributed by atoms with Crippen molar-refractivity contribution in [2.45, 2.75) is 55.7 Å². The molecule has 0 spiro atoms. The first-order valence-corrected chi connectivity index (χ1v) is 12.5. The molecule has 1 amide bonds. The van der Waals surface area contributed by atoms with Crippen molar-refractivity contribution in [3.05, 3.63) is 94.6 Å². The maximum Gasteiger partial charge on any atom is 0.410 e. The molecule has 192 valence electrons. The fourth-order valence-electron chi connectivity index (χ4n) is 6.58. The molecule has 2 heterocycles. The highest BCUT2D eigenvalue weighted by Gasteiger charge is 2.51. The van der Waals surface area contributed by atoms with Crippen LogP contribution >= 0.6 is 0 Å². The zero-order valence-corrected chi connectivity index (χ0v) is 19.9. The highest BCUT2D eigenvalue weighted by atomic mass is 19.2. The normalized spacial score (nSPS) is 24.5. The number of fused-ring (bicyclic) bond motifs is 5. The number of nitrogens with zero attached hydrogens (tertiary/aromatic N) is 1. The van der Waals surface area contributed by atoms with Crippen LogP contribution in [0.25, 0.3) is 11.1 Å². The number of aliphatic hydroxyl groups is 1. The van der Waals surface area contributed by atoms with Gasteiger partial charge in [-0.1, -0.05) is 48.5 Å². The Balaban J connectivity index is 1.24. The lowest BCUT2D eigenvalue weighted by molar-refractivity contribution is -0.0928. The van der Waals surface area contributed by atoms with Gasteiger partial charge in [-0.3, -0.25) is 0 Å². The molecule has 8 heteroatoms. The van der Waals surface area contributed by atoms with E-state index in [9.17, 15) is 27.5 Å². The second-order valence-electron chi connectivity index (χ2n) is 10.2. The van der Waals surface area contributed by atoms with Crippen LogP contribution in [0.1, 0.15) is 54.7 Å². The third-order valence-electron chi connectivity index (χ3n) is 8.13. The molecule has 2 aliphatic heterocycles. The summed E-state index contributed by atoms with van der Waals surface area (Å²) in [5, 5.41) is 11.3. The topological polar surface area (TPSA) is 49.8 Å². The van der Waals surface area contributed by atoms with E-state index in [4.69, 9.17) is 4.74 Å². The van der Waals surface area contributed by atoms with Crippen LogP contribution < -0.4 is 0 Å². The fraction of sp³-hybridized carbons (Fsp3) is 0.345. The van der Waals surface area contributed by atoms with Gasteiger partial charge < -0.3 is 14.7 Å². The molecule has 0 saturated carbocycles. The van der Waals surface area contributed by atoms with Gasteiger partial charge in [0.25, 0.3) is 0 Å². The van der Waals surface area contributed by atoms with Crippen LogP contribution in [0.2, 0.25) is 0 Å². The van der Waals surface area contributed by atoms with Crippen molar-refractivity contribution < 1.29 is 32.2 Å². The van der Waals surface area contributed by atoms with Crippen molar-refractivity contribution in [1.29, 1.82) is 0 Å². The number of halogens is 4. The highest BCUT2D eigenvalue weighted by Crippen LogP contribution is 2.47. The van der Waals surface area contributed by atoms with E-state index in [2.05, 4.69) is 0 Å². The molecule has 2 bridgehead atoms. The third kappa shape index (κ3) is 3.81. The van der Waals surface area contributed by atoms with Crippen LogP contribution in [0.4, 0.5) is 22.4 Å². The van der Waals surface area contributed by atoms with Crippen LogP contribution in [-0.4, -0.2) is 34.8 Å². The first-order chi connectivity index (χ1) is 17.8. The van der Waals surface area contributed by atoms with Crippen molar-refractivity contribution in [3.8, 4) is 11.1 Å². The van der Waals surface area contributed by atoms with Gasteiger partial charge in [-0.05, 0) is 41.5 Å². The molecule has 6 rings (SSSR count). The maximum absolute atomic E-state index is 14.6.